The predicted molar refractivity (Wildman–Crippen MR) is 69.0 cm³/mol. The van der Waals surface area contributed by atoms with Crippen molar-refractivity contribution in [1.82, 2.24) is 5.32 Å². The lowest BCUT2D eigenvalue weighted by molar-refractivity contribution is -0.122. The molecule has 0 heterocycles. The van der Waals surface area contributed by atoms with Crippen LogP contribution in [0, 0.1) is 12.3 Å². The van der Waals surface area contributed by atoms with Gasteiger partial charge in [0.25, 0.3) is 0 Å². The van der Waals surface area contributed by atoms with E-state index in [9.17, 15) is 4.79 Å². The Kier molecular flexibility index (Phi) is 5.25. The summed E-state index contributed by atoms with van der Waals surface area (Å²) in [5.74, 6) is 2.32. The molecular formula is C14H18N2O. The Bertz CT molecular complexity index is 394. The van der Waals surface area contributed by atoms with Gasteiger partial charge in [-0.15, -0.1) is 6.42 Å². The van der Waals surface area contributed by atoms with E-state index in [0.717, 1.165) is 18.4 Å². The van der Waals surface area contributed by atoms with Crippen LogP contribution in [0.15, 0.2) is 30.3 Å². The molecule has 1 rings (SSSR count). The van der Waals surface area contributed by atoms with Crippen molar-refractivity contribution in [2.24, 2.45) is 5.73 Å². The summed E-state index contributed by atoms with van der Waals surface area (Å²) in [5, 5.41) is 2.77. The maximum absolute atomic E-state index is 11.9. The summed E-state index contributed by atoms with van der Waals surface area (Å²) in [4.78, 5) is 11.9. The van der Waals surface area contributed by atoms with Crippen molar-refractivity contribution >= 4 is 5.91 Å². The van der Waals surface area contributed by atoms with Gasteiger partial charge in [-0.25, -0.2) is 0 Å². The Labute approximate surface area is 102 Å². The minimum atomic E-state index is -0.663. The molecule has 2 unspecified atom stereocenters. The first-order valence-electron chi connectivity index (χ1n) is 5.76. The molecule has 0 saturated heterocycles. The van der Waals surface area contributed by atoms with Gasteiger partial charge < -0.3 is 11.1 Å². The van der Waals surface area contributed by atoms with Gasteiger partial charge in [-0.3, -0.25) is 4.79 Å². The van der Waals surface area contributed by atoms with Gasteiger partial charge in [0.05, 0.1) is 6.04 Å². The van der Waals surface area contributed by atoms with Crippen molar-refractivity contribution < 1.29 is 4.79 Å². The molecule has 3 heteroatoms. The summed E-state index contributed by atoms with van der Waals surface area (Å²) in [5.41, 5.74) is 6.65. The van der Waals surface area contributed by atoms with E-state index in [1.54, 1.807) is 0 Å². The van der Waals surface area contributed by atoms with Crippen LogP contribution in [0.1, 0.15) is 31.4 Å². The molecule has 0 aliphatic carbocycles. The van der Waals surface area contributed by atoms with Crippen molar-refractivity contribution in [1.29, 1.82) is 0 Å². The number of hydrogen-bond acceptors (Lipinski definition) is 2. The monoisotopic (exact) mass is 230 g/mol. The molecule has 3 nitrogen and oxygen atoms in total. The number of carbonyl (C=O) groups excluding carboxylic acids is 1. The van der Waals surface area contributed by atoms with Crippen LogP contribution in [0.2, 0.25) is 0 Å². The topological polar surface area (TPSA) is 55.1 Å². The van der Waals surface area contributed by atoms with E-state index >= 15 is 0 Å². The summed E-state index contributed by atoms with van der Waals surface area (Å²) >= 11 is 0. The Morgan fingerprint density at radius 2 is 2.12 bits per heavy atom. The third-order valence-corrected chi connectivity index (χ3v) is 2.54. The van der Waals surface area contributed by atoms with Gasteiger partial charge >= 0.3 is 0 Å². The van der Waals surface area contributed by atoms with Crippen LogP contribution in [0.5, 0.6) is 0 Å². The number of benzene rings is 1. The number of terminal acetylenes is 1. The Balaban J connectivity index is 2.62. The average Bonchev–Trinajstić information content (AvgIpc) is 2.38. The number of rotatable bonds is 5. The quantitative estimate of drug-likeness (QED) is 0.755. The first-order valence-corrected chi connectivity index (χ1v) is 5.76. The molecule has 17 heavy (non-hydrogen) atoms. The average molecular weight is 230 g/mol. The summed E-state index contributed by atoms with van der Waals surface area (Å²) in [7, 11) is 0. The highest BCUT2D eigenvalue weighted by Gasteiger charge is 2.17. The van der Waals surface area contributed by atoms with E-state index in [2.05, 4.69) is 11.2 Å². The number of carbonyl (C=O) groups is 1. The molecule has 0 bridgehead atoms. The van der Waals surface area contributed by atoms with Crippen molar-refractivity contribution in [3.05, 3.63) is 35.9 Å². The molecule has 1 aromatic carbocycles. The maximum Gasteiger partial charge on any atom is 0.242 e. The molecule has 0 fully saturated rings. The second-order valence-corrected chi connectivity index (χ2v) is 3.90. The highest BCUT2D eigenvalue weighted by Crippen LogP contribution is 2.10. The van der Waals surface area contributed by atoms with E-state index in [1.807, 2.05) is 37.3 Å². The molecule has 3 N–H and O–H groups in total. The summed E-state index contributed by atoms with van der Waals surface area (Å²) in [6, 6.07) is 8.35. The molecule has 0 aromatic heterocycles. The maximum atomic E-state index is 11.9. The Hall–Kier alpha value is -1.79. The zero-order valence-electron chi connectivity index (χ0n) is 10.0. The van der Waals surface area contributed by atoms with Crippen LogP contribution in [0.4, 0.5) is 0 Å². The van der Waals surface area contributed by atoms with Crippen molar-refractivity contribution in [2.45, 2.75) is 31.8 Å². The van der Waals surface area contributed by atoms with Crippen LogP contribution in [0.25, 0.3) is 0 Å². The van der Waals surface area contributed by atoms with Gasteiger partial charge in [0.2, 0.25) is 5.91 Å². The molecule has 2 atom stereocenters. The summed E-state index contributed by atoms with van der Waals surface area (Å²) in [6.45, 7) is 2.02. The molecule has 90 valence electrons. The molecule has 0 radical (unpaired) electrons. The zero-order valence-corrected chi connectivity index (χ0v) is 10.0. The van der Waals surface area contributed by atoms with Crippen molar-refractivity contribution in [2.75, 3.05) is 0 Å². The van der Waals surface area contributed by atoms with Gasteiger partial charge in [0.15, 0.2) is 0 Å². The van der Waals surface area contributed by atoms with Crippen LogP contribution in [-0.2, 0) is 4.79 Å². The molecular weight excluding hydrogens is 212 g/mol. The molecule has 0 saturated carbocycles. The van der Waals surface area contributed by atoms with Crippen LogP contribution >= 0.6 is 0 Å². The molecule has 1 amide bonds. The minimum Gasteiger partial charge on any atom is -0.341 e. The van der Waals surface area contributed by atoms with Crippen molar-refractivity contribution in [3.8, 4) is 12.3 Å². The molecule has 0 spiro atoms. The largest absolute Gasteiger partial charge is 0.341 e. The second kappa shape index (κ2) is 6.72. The first kappa shape index (κ1) is 13.3. The third kappa shape index (κ3) is 3.93. The first-order chi connectivity index (χ1) is 8.19. The highest BCUT2D eigenvalue weighted by atomic mass is 16.2. The SMILES string of the molecule is C#CC(CCC)NC(=O)C(N)c1ccccc1. The van der Waals surface area contributed by atoms with Gasteiger partial charge in [0.1, 0.15) is 6.04 Å². The van der Waals surface area contributed by atoms with Gasteiger partial charge in [-0.05, 0) is 12.0 Å². The second-order valence-electron chi connectivity index (χ2n) is 3.90. The number of amides is 1. The van der Waals surface area contributed by atoms with Crippen molar-refractivity contribution in [3.63, 3.8) is 0 Å². The van der Waals surface area contributed by atoms with E-state index in [4.69, 9.17) is 12.2 Å². The smallest absolute Gasteiger partial charge is 0.242 e. The lowest BCUT2D eigenvalue weighted by Gasteiger charge is -2.16. The lowest BCUT2D eigenvalue weighted by Crippen LogP contribution is -2.40. The number of nitrogens with two attached hydrogens (primary N) is 1. The van der Waals surface area contributed by atoms with E-state index in [0.29, 0.717) is 0 Å². The number of nitrogens with one attached hydrogen (secondary N) is 1. The lowest BCUT2D eigenvalue weighted by atomic mass is 10.1. The van der Waals surface area contributed by atoms with Crippen LogP contribution < -0.4 is 11.1 Å². The van der Waals surface area contributed by atoms with Gasteiger partial charge in [-0.2, -0.15) is 0 Å². The minimum absolute atomic E-state index is 0.229. The van der Waals surface area contributed by atoms with E-state index < -0.39 is 6.04 Å². The fourth-order valence-corrected chi connectivity index (χ4v) is 1.56. The van der Waals surface area contributed by atoms with Gasteiger partial charge in [-0.1, -0.05) is 49.6 Å². The Morgan fingerprint density at radius 1 is 1.47 bits per heavy atom. The van der Waals surface area contributed by atoms with E-state index in [-0.39, 0.29) is 11.9 Å². The van der Waals surface area contributed by atoms with Crippen LogP contribution in [0.3, 0.4) is 0 Å². The third-order valence-electron chi connectivity index (χ3n) is 2.54. The summed E-state index contributed by atoms with van der Waals surface area (Å²) in [6.07, 6.45) is 7.03. The van der Waals surface area contributed by atoms with Gasteiger partial charge in [0, 0.05) is 0 Å². The standard InChI is InChI=1S/C14H18N2O/c1-3-8-12(4-2)16-14(17)13(15)11-9-6-5-7-10-11/h2,5-7,9-10,12-13H,3,8,15H2,1H3,(H,16,17). The molecule has 0 aliphatic rings. The zero-order chi connectivity index (χ0) is 12.7. The summed E-state index contributed by atoms with van der Waals surface area (Å²) < 4.78 is 0. The molecule has 1 aromatic rings. The number of hydrogen-bond donors (Lipinski definition) is 2. The van der Waals surface area contributed by atoms with E-state index in [1.165, 1.54) is 0 Å². The predicted octanol–water partition coefficient (Wildman–Crippen LogP) is 1.60. The Morgan fingerprint density at radius 3 is 2.65 bits per heavy atom. The van der Waals surface area contributed by atoms with Crippen LogP contribution in [-0.4, -0.2) is 11.9 Å². The normalized spacial score (nSPS) is 13.5. The highest BCUT2D eigenvalue weighted by molar-refractivity contribution is 5.83. The fraction of sp³-hybridized carbons (Fsp3) is 0.357. The fourth-order valence-electron chi connectivity index (χ4n) is 1.56. The molecule has 0 aliphatic heterocycles.